The molecule has 11 rings (SSSR count). The molecule has 2 heterocycles. The quantitative estimate of drug-likeness (QED) is 0.161. The lowest BCUT2D eigenvalue weighted by Crippen LogP contribution is -2.28. The van der Waals surface area contributed by atoms with E-state index in [0.717, 1.165) is 68.7 Å². The topological polar surface area (TPSA) is 62.5 Å². The fourth-order valence-electron chi connectivity index (χ4n) is 9.85. The van der Waals surface area contributed by atoms with Gasteiger partial charge in [0, 0.05) is 34.5 Å². The molecule has 0 bridgehead atoms. The lowest BCUT2D eigenvalue weighted by Gasteiger charge is -2.36. The highest BCUT2D eigenvalue weighted by Crippen LogP contribution is 2.56. The van der Waals surface area contributed by atoms with Crippen molar-refractivity contribution in [1.82, 2.24) is 15.0 Å². The zero-order valence-corrected chi connectivity index (χ0v) is 34.3. The van der Waals surface area contributed by atoms with Gasteiger partial charge in [-0.25, -0.2) is 9.97 Å². The van der Waals surface area contributed by atoms with Crippen LogP contribution in [0.25, 0.3) is 89.5 Å². The van der Waals surface area contributed by atoms with Gasteiger partial charge in [0.2, 0.25) is 0 Å². The average Bonchev–Trinajstić information content (AvgIpc) is 3.61. The molecule has 0 radical (unpaired) electrons. The maximum Gasteiger partial charge on any atom is 0.160 e. The van der Waals surface area contributed by atoms with Crippen molar-refractivity contribution < 1.29 is 0 Å². The van der Waals surface area contributed by atoms with Crippen LogP contribution in [0.15, 0.2) is 194 Å². The maximum atomic E-state index is 9.78. The molecule has 0 unspecified atom stereocenters. The number of hydrogen-bond acceptors (Lipinski definition) is 4. The largest absolute Gasteiger partial charge is 0.264 e. The first-order valence-corrected chi connectivity index (χ1v) is 21.6. The zero-order valence-electron chi connectivity index (χ0n) is 34.3. The number of hydrogen-bond donors (Lipinski definition) is 0. The molecule has 2 aliphatic carbocycles. The summed E-state index contributed by atoms with van der Waals surface area (Å²) in [5.74, 6) is 0.695. The highest BCUT2D eigenvalue weighted by Gasteiger charge is 2.44. The van der Waals surface area contributed by atoms with Crippen molar-refractivity contribution in [3.05, 3.63) is 211 Å². The van der Waals surface area contributed by atoms with Crippen LogP contribution in [-0.4, -0.2) is 15.0 Å². The molecule has 0 atom stereocenters. The molecule has 294 valence electrons. The second-order valence-corrected chi connectivity index (χ2v) is 16.7. The van der Waals surface area contributed by atoms with Crippen LogP contribution in [0.3, 0.4) is 0 Å². The Morgan fingerprint density at radius 3 is 1.50 bits per heavy atom. The molecule has 0 N–H and O–H groups in total. The van der Waals surface area contributed by atoms with E-state index in [1.54, 1.807) is 6.20 Å². The third-order valence-corrected chi connectivity index (χ3v) is 13.0. The Labute approximate surface area is 362 Å². The van der Waals surface area contributed by atoms with Crippen molar-refractivity contribution in [2.75, 3.05) is 0 Å². The summed E-state index contributed by atoms with van der Waals surface area (Å²) in [5.41, 5.74) is 20.2. The molecule has 4 nitrogen and oxygen atoms in total. The number of pyridine rings is 1. The van der Waals surface area contributed by atoms with Crippen LogP contribution >= 0.6 is 0 Å². The Morgan fingerprint density at radius 2 is 0.903 bits per heavy atom. The highest BCUT2D eigenvalue weighted by molar-refractivity contribution is 5.86. The molecular weight excluding hydrogens is 753 g/mol. The molecule has 9 aromatic rings. The first-order chi connectivity index (χ1) is 30.6. The molecule has 1 fully saturated rings. The number of nitriles is 1. The SMILES string of the molecule is N#Cc1ccc2c(c1)C1(CCCCC1)c1cc(-c3cccc(-c4cccc(-c5ccc(-c6cc(-c7ccc(-c8cccnc8)cc7)nc(-c7ccccc7)n6)cc5)c4)c3)ccc1-2. The minimum Gasteiger partial charge on any atom is -0.264 e. The predicted octanol–water partition coefficient (Wildman–Crippen LogP) is 14.6. The van der Waals surface area contributed by atoms with Gasteiger partial charge >= 0.3 is 0 Å². The van der Waals surface area contributed by atoms with E-state index in [0.29, 0.717) is 5.82 Å². The Balaban J connectivity index is 0.891. The average molecular weight is 795 g/mol. The highest BCUT2D eigenvalue weighted by atomic mass is 14.9. The summed E-state index contributed by atoms with van der Waals surface area (Å²) in [7, 11) is 0. The standard InChI is InChI=1S/C58H42N4/c59-37-39-17-27-51-52-28-26-49(35-54(52)58(53(51)32-39)29-5-2-6-30-58)48-15-8-14-47(34-48)46-13-7-12-45(33-46)40-18-22-42(23-19-40)55-36-56(62-57(61-55)44-10-3-1-4-11-44)43-24-20-41(21-25-43)50-16-9-31-60-38-50/h1,3-4,7-28,31-36,38H,2,5-6,29-30H2. The molecule has 1 saturated carbocycles. The Morgan fingerprint density at radius 1 is 0.403 bits per heavy atom. The van der Waals surface area contributed by atoms with Gasteiger partial charge in [-0.1, -0.05) is 159 Å². The third-order valence-electron chi connectivity index (χ3n) is 13.0. The van der Waals surface area contributed by atoms with E-state index in [2.05, 4.69) is 163 Å². The van der Waals surface area contributed by atoms with Crippen molar-refractivity contribution in [1.29, 1.82) is 5.26 Å². The second kappa shape index (κ2) is 15.7. The van der Waals surface area contributed by atoms with Gasteiger partial charge in [-0.15, -0.1) is 0 Å². The van der Waals surface area contributed by atoms with Gasteiger partial charge < -0.3 is 0 Å². The van der Waals surface area contributed by atoms with E-state index in [4.69, 9.17) is 9.97 Å². The minimum atomic E-state index is -0.0133. The Kier molecular flexibility index (Phi) is 9.44. The van der Waals surface area contributed by atoms with E-state index >= 15 is 0 Å². The summed E-state index contributed by atoms with van der Waals surface area (Å²) in [4.78, 5) is 14.4. The van der Waals surface area contributed by atoms with Gasteiger partial charge in [-0.3, -0.25) is 4.98 Å². The summed E-state index contributed by atoms with van der Waals surface area (Å²) >= 11 is 0. The number of benzene rings is 7. The molecule has 1 spiro atoms. The van der Waals surface area contributed by atoms with Crippen molar-refractivity contribution in [2.45, 2.75) is 37.5 Å². The van der Waals surface area contributed by atoms with E-state index < -0.39 is 0 Å². The van der Waals surface area contributed by atoms with Gasteiger partial charge in [0.25, 0.3) is 0 Å². The van der Waals surface area contributed by atoms with Crippen LogP contribution in [0.2, 0.25) is 0 Å². The smallest absolute Gasteiger partial charge is 0.160 e. The van der Waals surface area contributed by atoms with Crippen molar-refractivity contribution in [3.63, 3.8) is 0 Å². The summed E-state index contributed by atoms with van der Waals surface area (Å²) in [6, 6.07) is 67.1. The van der Waals surface area contributed by atoms with Crippen LogP contribution in [0.1, 0.15) is 48.8 Å². The van der Waals surface area contributed by atoms with Gasteiger partial charge in [0.15, 0.2) is 5.82 Å². The minimum absolute atomic E-state index is 0.0133. The molecule has 0 aliphatic heterocycles. The molecule has 0 amide bonds. The zero-order chi connectivity index (χ0) is 41.5. The van der Waals surface area contributed by atoms with Gasteiger partial charge in [-0.2, -0.15) is 5.26 Å². The summed E-state index contributed by atoms with van der Waals surface area (Å²) in [5, 5.41) is 9.78. The summed E-state index contributed by atoms with van der Waals surface area (Å²) in [6.07, 6.45) is 9.66. The van der Waals surface area contributed by atoms with Crippen LogP contribution < -0.4 is 0 Å². The summed E-state index contributed by atoms with van der Waals surface area (Å²) < 4.78 is 0. The normalized spacial score (nSPS) is 13.6. The van der Waals surface area contributed by atoms with E-state index in [1.807, 2.05) is 36.5 Å². The van der Waals surface area contributed by atoms with Crippen molar-refractivity contribution >= 4 is 0 Å². The molecular formula is C58H42N4. The fraction of sp³-hybridized carbons (Fsp3) is 0.103. The Hall–Kier alpha value is -7.74. The fourth-order valence-corrected chi connectivity index (χ4v) is 9.85. The van der Waals surface area contributed by atoms with Crippen LogP contribution in [0.5, 0.6) is 0 Å². The number of fused-ring (bicyclic) bond motifs is 5. The molecule has 2 aromatic heterocycles. The van der Waals surface area contributed by atoms with Crippen LogP contribution in [0.4, 0.5) is 0 Å². The molecule has 7 aromatic carbocycles. The molecule has 62 heavy (non-hydrogen) atoms. The van der Waals surface area contributed by atoms with Gasteiger partial charge in [-0.05, 0) is 122 Å². The number of aromatic nitrogens is 3. The molecule has 4 heteroatoms. The Bertz CT molecular complexity index is 3140. The summed E-state index contributed by atoms with van der Waals surface area (Å²) in [6.45, 7) is 0. The first-order valence-electron chi connectivity index (χ1n) is 21.6. The van der Waals surface area contributed by atoms with E-state index in [9.17, 15) is 5.26 Å². The monoisotopic (exact) mass is 794 g/mol. The first kappa shape index (κ1) is 37.3. The lowest BCUT2D eigenvalue weighted by atomic mass is 9.67. The predicted molar refractivity (Wildman–Crippen MR) is 252 cm³/mol. The van der Waals surface area contributed by atoms with Crippen LogP contribution in [0, 0.1) is 11.3 Å². The van der Waals surface area contributed by atoms with E-state index in [1.165, 1.54) is 63.8 Å². The van der Waals surface area contributed by atoms with Crippen LogP contribution in [-0.2, 0) is 5.41 Å². The van der Waals surface area contributed by atoms with Gasteiger partial charge in [0.1, 0.15) is 0 Å². The molecule has 2 aliphatic rings. The van der Waals surface area contributed by atoms with Crippen molar-refractivity contribution in [3.8, 4) is 95.6 Å². The molecule has 0 saturated heterocycles. The lowest BCUT2D eigenvalue weighted by molar-refractivity contribution is 0.353. The maximum absolute atomic E-state index is 9.78. The van der Waals surface area contributed by atoms with E-state index in [-0.39, 0.29) is 5.41 Å². The van der Waals surface area contributed by atoms with Gasteiger partial charge in [0.05, 0.1) is 23.0 Å². The number of rotatable bonds is 7. The van der Waals surface area contributed by atoms with Crippen molar-refractivity contribution in [2.24, 2.45) is 0 Å². The second-order valence-electron chi connectivity index (χ2n) is 16.7. The number of nitrogens with zero attached hydrogens (tertiary/aromatic N) is 4. The third kappa shape index (κ3) is 6.79.